The lowest BCUT2D eigenvalue weighted by Gasteiger charge is -2.38. The first-order valence-electron chi connectivity index (χ1n) is 9.44. The molecule has 0 radical (unpaired) electrons. The molecule has 1 aliphatic heterocycles. The SMILES string of the molecule is c1ccc2c(c1)-c1ccccc1C2N1CCN(Cc2ccncc2)CC1. The van der Waals surface area contributed by atoms with Crippen LogP contribution in [-0.4, -0.2) is 41.0 Å². The molecule has 26 heavy (non-hydrogen) atoms. The van der Waals surface area contributed by atoms with Crippen molar-refractivity contribution < 1.29 is 0 Å². The van der Waals surface area contributed by atoms with Crippen LogP contribution in [0.5, 0.6) is 0 Å². The van der Waals surface area contributed by atoms with Crippen LogP contribution in [-0.2, 0) is 6.54 Å². The second kappa shape index (κ2) is 6.67. The van der Waals surface area contributed by atoms with Gasteiger partial charge in [-0.3, -0.25) is 14.8 Å². The maximum Gasteiger partial charge on any atom is 0.0614 e. The van der Waals surface area contributed by atoms with Crippen molar-refractivity contribution in [2.45, 2.75) is 12.6 Å². The van der Waals surface area contributed by atoms with Gasteiger partial charge in [-0.1, -0.05) is 48.5 Å². The van der Waals surface area contributed by atoms with Crippen molar-refractivity contribution in [1.82, 2.24) is 14.8 Å². The predicted octanol–water partition coefficient (Wildman–Crippen LogP) is 3.97. The van der Waals surface area contributed by atoms with Crippen LogP contribution in [0.15, 0.2) is 73.1 Å². The molecule has 5 rings (SSSR count). The van der Waals surface area contributed by atoms with Crippen LogP contribution in [0.3, 0.4) is 0 Å². The van der Waals surface area contributed by atoms with Gasteiger partial charge in [0.25, 0.3) is 0 Å². The highest BCUT2D eigenvalue weighted by Crippen LogP contribution is 2.46. The highest BCUT2D eigenvalue weighted by molar-refractivity contribution is 5.78. The van der Waals surface area contributed by atoms with Crippen LogP contribution in [0.1, 0.15) is 22.7 Å². The van der Waals surface area contributed by atoms with E-state index in [1.165, 1.54) is 27.8 Å². The van der Waals surface area contributed by atoms with E-state index in [9.17, 15) is 0 Å². The first-order valence-corrected chi connectivity index (χ1v) is 9.44. The van der Waals surface area contributed by atoms with Crippen molar-refractivity contribution in [1.29, 1.82) is 0 Å². The van der Waals surface area contributed by atoms with Gasteiger partial charge in [-0.15, -0.1) is 0 Å². The largest absolute Gasteiger partial charge is 0.297 e. The van der Waals surface area contributed by atoms with Gasteiger partial charge in [-0.05, 0) is 39.9 Å². The third-order valence-electron chi connectivity index (χ3n) is 5.73. The number of pyridine rings is 1. The molecule has 0 spiro atoms. The van der Waals surface area contributed by atoms with E-state index < -0.39 is 0 Å². The monoisotopic (exact) mass is 341 g/mol. The lowest BCUT2D eigenvalue weighted by Crippen LogP contribution is -2.47. The first-order chi connectivity index (χ1) is 12.9. The van der Waals surface area contributed by atoms with Crippen molar-refractivity contribution in [2.24, 2.45) is 0 Å². The molecule has 1 aromatic heterocycles. The number of rotatable bonds is 3. The maximum absolute atomic E-state index is 4.12. The van der Waals surface area contributed by atoms with Gasteiger partial charge in [-0.2, -0.15) is 0 Å². The molecule has 0 unspecified atom stereocenters. The molecule has 130 valence electrons. The summed E-state index contributed by atoms with van der Waals surface area (Å²) < 4.78 is 0. The Morgan fingerprint density at radius 3 is 1.92 bits per heavy atom. The fraction of sp³-hybridized carbons (Fsp3) is 0.261. The fourth-order valence-corrected chi connectivity index (χ4v) is 4.45. The summed E-state index contributed by atoms with van der Waals surface area (Å²) >= 11 is 0. The number of benzene rings is 2. The van der Waals surface area contributed by atoms with Crippen LogP contribution in [0, 0.1) is 0 Å². The number of hydrogen-bond acceptors (Lipinski definition) is 3. The van der Waals surface area contributed by atoms with E-state index in [-0.39, 0.29) is 0 Å². The highest BCUT2D eigenvalue weighted by Gasteiger charge is 2.33. The van der Waals surface area contributed by atoms with Gasteiger partial charge in [-0.25, -0.2) is 0 Å². The minimum absolute atomic E-state index is 0.408. The van der Waals surface area contributed by atoms with Crippen LogP contribution >= 0.6 is 0 Å². The Morgan fingerprint density at radius 2 is 1.31 bits per heavy atom. The number of fused-ring (bicyclic) bond motifs is 3. The van der Waals surface area contributed by atoms with Gasteiger partial charge in [0.05, 0.1) is 6.04 Å². The third kappa shape index (κ3) is 2.74. The summed E-state index contributed by atoms with van der Waals surface area (Å²) in [5, 5.41) is 0. The zero-order valence-corrected chi connectivity index (χ0v) is 14.9. The molecule has 3 nitrogen and oxygen atoms in total. The molecule has 2 aromatic carbocycles. The molecule has 2 aliphatic rings. The van der Waals surface area contributed by atoms with E-state index in [0.717, 1.165) is 32.7 Å². The van der Waals surface area contributed by atoms with Crippen molar-refractivity contribution >= 4 is 0 Å². The van der Waals surface area contributed by atoms with Gasteiger partial charge >= 0.3 is 0 Å². The van der Waals surface area contributed by atoms with Crippen LogP contribution in [0.25, 0.3) is 11.1 Å². The second-order valence-electron chi connectivity index (χ2n) is 7.24. The lowest BCUT2D eigenvalue weighted by molar-refractivity contribution is 0.106. The summed E-state index contributed by atoms with van der Waals surface area (Å²) in [5.41, 5.74) is 7.11. The number of hydrogen-bond donors (Lipinski definition) is 0. The summed E-state index contributed by atoms with van der Waals surface area (Å²) in [5.74, 6) is 0. The zero-order chi connectivity index (χ0) is 17.3. The second-order valence-corrected chi connectivity index (χ2v) is 7.24. The van der Waals surface area contributed by atoms with Gasteiger partial charge in [0.1, 0.15) is 0 Å². The maximum atomic E-state index is 4.12. The third-order valence-corrected chi connectivity index (χ3v) is 5.73. The van der Waals surface area contributed by atoms with E-state index in [2.05, 4.69) is 75.4 Å². The Morgan fingerprint density at radius 1 is 0.731 bits per heavy atom. The molecule has 0 amide bonds. The van der Waals surface area contributed by atoms with Crippen LogP contribution in [0.4, 0.5) is 0 Å². The molecular weight excluding hydrogens is 318 g/mol. The molecule has 0 atom stereocenters. The minimum atomic E-state index is 0.408. The molecule has 0 N–H and O–H groups in total. The van der Waals surface area contributed by atoms with Crippen molar-refractivity contribution in [3.63, 3.8) is 0 Å². The van der Waals surface area contributed by atoms with E-state index in [1.54, 1.807) is 0 Å². The van der Waals surface area contributed by atoms with E-state index >= 15 is 0 Å². The summed E-state index contributed by atoms with van der Waals surface area (Å²) in [6, 6.07) is 22.5. The summed E-state index contributed by atoms with van der Waals surface area (Å²) in [7, 11) is 0. The van der Waals surface area contributed by atoms with Crippen molar-refractivity contribution in [3.8, 4) is 11.1 Å². The average Bonchev–Trinajstić information content (AvgIpc) is 3.04. The predicted molar refractivity (Wildman–Crippen MR) is 105 cm³/mol. The molecule has 1 saturated heterocycles. The highest BCUT2D eigenvalue weighted by atomic mass is 15.3. The smallest absolute Gasteiger partial charge is 0.0614 e. The molecule has 1 aliphatic carbocycles. The first kappa shape index (κ1) is 15.7. The van der Waals surface area contributed by atoms with Crippen molar-refractivity contribution in [2.75, 3.05) is 26.2 Å². The topological polar surface area (TPSA) is 19.4 Å². The molecule has 0 bridgehead atoms. The molecule has 2 heterocycles. The number of piperazine rings is 1. The Hall–Kier alpha value is -2.49. The molecule has 3 heteroatoms. The summed E-state index contributed by atoms with van der Waals surface area (Å²) in [6.45, 7) is 5.47. The number of aromatic nitrogens is 1. The van der Waals surface area contributed by atoms with Gasteiger partial charge < -0.3 is 0 Å². The Kier molecular flexibility index (Phi) is 4.04. The van der Waals surface area contributed by atoms with Crippen LogP contribution in [0.2, 0.25) is 0 Å². The van der Waals surface area contributed by atoms with E-state index in [0.29, 0.717) is 6.04 Å². The van der Waals surface area contributed by atoms with Crippen molar-refractivity contribution in [3.05, 3.63) is 89.7 Å². The van der Waals surface area contributed by atoms with Gasteiger partial charge in [0.2, 0.25) is 0 Å². The normalized spacial score (nSPS) is 17.8. The number of nitrogens with zero attached hydrogens (tertiary/aromatic N) is 3. The van der Waals surface area contributed by atoms with E-state index in [1.807, 2.05) is 12.4 Å². The zero-order valence-electron chi connectivity index (χ0n) is 14.9. The summed E-state index contributed by atoms with van der Waals surface area (Å²) in [4.78, 5) is 9.33. The summed E-state index contributed by atoms with van der Waals surface area (Å²) in [6.07, 6.45) is 3.77. The van der Waals surface area contributed by atoms with E-state index in [4.69, 9.17) is 0 Å². The minimum Gasteiger partial charge on any atom is -0.297 e. The standard InChI is InChI=1S/C23H23N3/c1-3-7-21-19(5-1)20-6-2-4-8-22(20)23(21)26-15-13-25(14-16-26)17-18-9-11-24-12-10-18/h1-12,23H,13-17H2. The lowest BCUT2D eigenvalue weighted by atomic mass is 10.0. The fourth-order valence-electron chi connectivity index (χ4n) is 4.45. The molecule has 0 saturated carbocycles. The quantitative estimate of drug-likeness (QED) is 0.719. The Bertz CT molecular complexity index is 853. The van der Waals surface area contributed by atoms with Gasteiger partial charge in [0.15, 0.2) is 0 Å². The molecule has 3 aromatic rings. The van der Waals surface area contributed by atoms with Crippen LogP contribution < -0.4 is 0 Å². The Balaban J connectivity index is 1.35. The average molecular weight is 341 g/mol. The molecular formula is C23H23N3. The molecule has 1 fully saturated rings. The van der Waals surface area contributed by atoms with Gasteiger partial charge in [0, 0.05) is 45.1 Å². The Labute approximate surface area is 154 Å².